The first-order chi connectivity index (χ1) is 5.25. The van der Waals surface area contributed by atoms with Crippen LogP contribution in [-0.4, -0.2) is 18.5 Å². The van der Waals surface area contributed by atoms with E-state index in [1.807, 2.05) is 13.1 Å². The Kier molecular flexibility index (Phi) is 2.72. The zero-order valence-electron chi connectivity index (χ0n) is 6.34. The molecule has 0 saturated heterocycles. The third-order valence-electron chi connectivity index (χ3n) is 1.63. The molecule has 2 nitrogen and oxygen atoms in total. The summed E-state index contributed by atoms with van der Waals surface area (Å²) in [4.78, 5) is 2.06. The molecule has 0 unspecified atom stereocenters. The number of likely N-dealkylation sites (N-methyl/N-ethyl adjacent to an activating group) is 1. The predicted octanol–water partition coefficient (Wildman–Crippen LogP) is 2.01. The van der Waals surface area contributed by atoms with Crippen molar-refractivity contribution in [3.63, 3.8) is 0 Å². The molecule has 0 bridgehead atoms. The molecule has 0 radical (unpaired) electrons. The fourth-order valence-electron chi connectivity index (χ4n) is 0.997. The molecule has 3 heteroatoms. The molecule has 0 saturated carbocycles. The first-order valence-corrected chi connectivity index (χ1v) is 4.18. The first kappa shape index (κ1) is 8.35. The highest BCUT2D eigenvalue weighted by molar-refractivity contribution is 9.11. The van der Waals surface area contributed by atoms with E-state index in [2.05, 4.69) is 33.0 Å². The smallest absolute Gasteiger partial charge is 0.0762 e. The number of rotatable bonds is 1. The third kappa shape index (κ3) is 1.84. The van der Waals surface area contributed by atoms with E-state index in [9.17, 15) is 0 Å². The highest BCUT2D eigenvalue weighted by Gasteiger charge is 2.09. The van der Waals surface area contributed by atoms with Crippen molar-refractivity contribution in [1.29, 1.82) is 5.26 Å². The van der Waals surface area contributed by atoms with Gasteiger partial charge < -0.3 is 4.90 Å². The van der Waals surface area contributed by atoms with Gasteiger partial charge in [-0.2, -0.15) is 5.26 Å². The second-order valence-corrected chi connectivity index (χ2v) is 3.27. The van der Waals surface area contributed by atoms with Gasteiger partial charge in [0.15, 0.2) is 0 Å². The van der Waals surface area contributed by atoms with E-state index in [1.165, 1.54) is 0 Å². The number of nitrogens with zero attached hydrogens (tertiary/aromatic N) is 2. The van der Waals surface area contributed by atoms with Crippen molar-refractivity contribution < 1.29 is 0 Å². The SMILES string of the molecule is CN1CC=CC(Br)=C1CC#N. The average molecular weight is 213 g/mol. The number of allylic oxidation sites excluding steroid dienone is 3. The minimum atomic E-state index is 0.474. The summed E-state index contributed by atoms with van der Waals surface area (Å²) in [6.45, 7) is 0.895. The lowest BCUT2D eigenvalue weighted by Crippen LogP contribution is -2.20. The topological polar surface area (TPSA) is 27.0 Å². The number of halogens is 1. The Balaban J connectivity index is 2.84. The summed E-state index contributed by atoms with van der Waals surface area (Å²) in [6, 6.07) is 2.13. The lowest BCUT2D eigenvalue weighted by atomic mass is 10.2. The van der Waals surface area contributed by atoms with Crippen molar-refractivity contribution in [3.8, 4) is 6.07 Å². The maximum Gasteiger partial charge on any atom is 0.0762 e. The summed E-state index contributed by atoms with van der Waals surface area (Å²) < 4.78 is 1.02. The minimum absolute atomic E-state index is 0.474. The van der Waals surface area contributed by atoms with Gasteiger partial charge in [0.05, 0.1) is 12.5 Å². The van der Waals surface area contributed by atoms with Crippen LogP contribution in [0.4, 0.5) is 0 Å². The monoisotopic (exact) mass is 212 g/mol. The molecule has 1 aliphatic rings. The Morgan fingerprint density at radius 3 is 3.09 bits per heavy atom. The van der Waals surface area contributed by atoms with E-state index >= 15 is 0 Å². The summed E-state index contributed by atoms with van der Waals surface area (Å²) in [6.07, 6.45) is 4.53. The van der Waals surface area contributed by atoms with Gasteiger partial charge >= 0.3 is 0 Å². The van der Waals surface area contributed by atoms with Crippen LogP contribution in [0.5, 0.6) is 0 Å². The van der Waals surface area contributed by atoms with Crippen molar-refractivity contribution in [2.75, 3.05) is 13.6 Å². The molecule has 0 aromatic carbocycles. The molecule has 0 amide bonds. The molecule has 0 fully saturated rings. The van der Waals surface area contributed by atoms with Crippen LogP contribution in [0.3, 0.4) is 0 Å². The first-order valence-electron chi connectivity index (χ1n) is 3.39. The standard InChI is InChI=1S/C8H9BrN2/c1-11-6-2-3-7(9)8(11)4-5-10/h2-3H,4,6H2,1H3. The second kappa shape index (κ2) is 3.59. The molecule has 1 aliphatic heterocycles. The average Bonchev–Trinajstić information content (AvgIpc) is 1.97. The van der Waals surface area contributed by atoms with E-state index in [4.69, 9.17) is 5.26 Å². The van der Waals surface area contributed by atoms with Crippen molar-refractivity contribution >= 4 is 15.9 Å². The van der Waals surface area contributed by atoms with Crippen LogP contribution in [-0.2, 0) is 0 Å². The van der Waals surface area contributed by atoms with E-state index < -0.39 is 0 Å². The van der Waals surface area contributed by atoms with E-state index in [1.54, 1.807) is 0 Å². The molecule has 11 heavy (non-hydrogen) atoms. The van der Waals surface area contributed by atoms with E-state index in [0.717, 1.165) is 16.7 Å². The molecule has 0 atom stereocenters. The van der Waals surface area contributed by atoms with Crippen molar-refractivity contribution in [2.24, 2.45) is 0 Å². The molecule has 1 rings (SSSR count). The van der Waals surface area contributed by atoms with E-state index in [-0.39, 0.29) is 0 Å². The lowest BCUT2D eigenvalue weighted by Gasteiger charge is -2.23. The van der Waals surface area contributed by atoms with Crippen LogP contribution in [0, 0.1) is 11.3 Å². The quantitative estimate of drug-likeness (QED) is 0.666. The third-order valence-corrected chi connectivity index (χ3v) is 2.35. The van der Waals surface area contributed by atoms with E-state index in [0.29, 0.717) is 6.42 Å². The maximum atomic E-state index is 8.50. The Hall–Kier alpha value is -0.750. The summed E-state index contributed by atoms with van der Waals surface area (Å²) in [5.41, 5.74) is 1.06. The molecule has 0 N–H and O–H groups in total. The largest absolute Gasteiger partial charge is 0.372 e. The lowest BCUT2D eigenvalue weighted by molar-refractivity contribution is 0.450. The van der Waals surface area contributed by atoms with Gasteiger partial charge in [0, 0.05) is 23.8 Å². The molecule has 58 valence electrons. The number of hydrogen-bond donors (Lipinski definition) is 0. The molecule has 0 spiro atoms. The van der Waals surface area contributed by atoms with Gasteiger partial charge in [0.2, 0.25) is 0 Å². The second-order valence-electron chi connectivity index (χ2n) is 2.41. The van der Waals surface area contributed by atoms with Crippen LogP contribution in [0.25, 0.3) is 0 Å². The van der Waals surface area contributed by atoms with Crippen molar-refractivity contribution in [3.05, 3.63) is 22.3 Å². The number of hydrogen-bond acceptors (Lipinski definition) is 2. The highest BCUT2D eigenvalue weighted by atomic mass is 79.9. The Labute approximate surface area is 74.9 Å². The van der Waals surface area contributed by atoms with Crippen LogP contribution in [0.2, 0.25) is 0 Å². The van der Waals surface area contributed by atoms with Crippen molar-refractivity contribution in [1.82, 2.24) is 4.90 Å². The van der Waals surface area contributed by atoms with Crippen LogP contribution >= 0.6 is 15.9 Å². The molecule has 0 aliphatic carbocycles. The fraction of sp³-hybridized carbons (Fsp3) is 0.375. The Bertz CT molecular complexity index is 247. The Morgan fingerprint density at radius 2 is 2.55 bits per heavy atom. The highest BCUT2D eigenvalue weighted by Crippen LogP contribution is 2.22. The van der Waals surface area contributed by atoms with Gasteiger partial charge in [0.25, 0.3) is 0 Å². The van der Waals surface area contributed by atoms with Crippen LogP contribution < -0.4 is 0 Å². The minimum Gasteiger partial charge on any atom is -0.372 e. The zero-order valence-corrected chi connectivity index (χ0v) is 7.93. The van der Waals surface area contributed by atoms with Crippen LogP contribution in [0.1, 0.15) is 6.42 Å². The number of nitriles is 1. The Morgan fingerprint density at radius 1 is 1.82 bits per heavy atom. The molecule has 0 aromatic rings. The summed E-state index contributed by atoms with van der Waals surface area (Å²) in [5, 5.41) is 8.50. The molecule has 0 aromatic heterocycles. The fourth-order valence-corrected chi connectivity index (χ4v) is 1.63. The van der Waals surface area contributed by atoms with Crippen LogP contribution in [0.15, 0.2) is 22.3 Å². The summed E-state index contributed by atoms with van der Waals surface area (Å²) in [5.74, 6) is 0. The zero-order chi connectivity index (χ0) is 8.27. The maximum absolute atomic E-state index is 8.50. The van der Waals surface area contributed by atoms with Gasteiger partial charge in [-0.3, -0.25) is 0 Å². The van der Waals surface area contributed by atoms with Gasteiger partial charge in [-0.15, -0.1) is 0 Å². The molecular formula is C8H9BrN2. The van der Waals surface area contributed by atoms with Gasteiger partial charge in [-0.1, -0.05) is 6.08 Å². The van der Waals surface area contributed by atoms with Crippen molar-refractivity contribution in [2.45, 2.75) is 6.42 Å². The summed E-state index contributed by atoms with van der Waals surface area (Å²) in [7, 11) is 1.98. The van der Waals surface area contributed by atoms with Gasteiger partial charge in [-0.05, 0) is 22.0 Å². The van der Waals surface area contributed by atoms with Gasteiger partial charge in [0.1, 0.15) is 0 Å². The normalized spacial score (nSPS) is 17.0. The molecule has 1 heterocycles. The van der Waals surface area contributed by atoms with Gasteiger partial charge in [-0.25, -0.2) is 0 Å². The predicted molar refractivity (Wildman–Crippen MR) is 48.0 cm³/mol. The molecular weight excluding hydrogens is 204 g/mol. The summed E-state index contributed by atoms with van der Waals surface area (Å²) >= 11 is 3.40.